The Morgan fingerprint density at radius 3 is 2.58 bits per heavy atom. The Balaban J connectivity index is 2.35. The average molecular weight is 276 g/mol. The van der Waals surface area contributed by atoms with Gasteiger partial charge in [0.1, 0.15) is 5.75 Å². The molecule has 0 radical (unpaired) electrons. The standard InChI is InChI=1S/C16H18ClNO/c1-3-18-11-12-8-9-13(15(17)10-12)14-6-4-5-7-16(14)19-2/h4-10,18H,3,11H2,1-2H3. The lowest BCUT2D eigenvalue weighted by atomic mass is 10.0. The first-order valence-corrected chi connectivity index (χ1v) is 6.76. The third kappa shape index (κ3) is 3.28. The van der Waals surface area contributed by atoms with Gasteiger partial charge in [0.2, 0.25) is 0 Å². The van der Waals surface area contributed by atoms with E-state index in [1.807, 2.05) is 36.4 Å². The van der Waals surface area contributed by atoms with E-state index < -0.39 is 0 Å². The van der Waals surface area contributed by atoms with Gasteiger partial charge in [0, 0.05) is 22.7 Å². The number of para-hydroxylation sites is 1. The molecule has 0 aliphatic rings. The molecule has 0 spiro atoms. The average Bonchev–Trinajstić information content (AvgIpc) is 2.45. The molecule has 0 aliphatic carbocycles. The number of nitrogens with one attached hydrogen (secondary N) is 1. The molecule has 0 heterocycles. The van der Waals surface area contributed by atoms with Gasteiger partial charge in [0.25, 0.3) is 0 Å². The summed E-state index contributed by atoms with van der Waals surface area (Å²) >= 11 is 6.39. The van der Waals surface area contributed by atoms with Crippen LogP contribution < -0.4 is 10.1 Å². The van der Waals surface area contributed by atoms with Crippen LogP contribution in [-0.2, 0) is 6.54 Å². The number of rotatable bonds is 5. The molecule has 1 N–H and O–H groups in total. The van der Waals surface area contributed by atoms with Crippen molar-refractivity contribution < 1.29 is 4.74 Å². The minimum absolute atomic E-state index is 0.750. The number of hydrogen-bond donors (Lipinski definition) is 1. The van der Waals surface area contributed by atoms with Crippen LogP contribution in [0.1, 0.15) is 12.5 Å². The number of halogens is 1. The largest absolute Gasteiger partial charge is 0.496 e. The minimum atomic E-state index is 0.750. The Bertz CT molecular complexity index is 554. The maximum absolute atomic E-state index is 6.39. The van der Waals surface area contributed by atoms with Crippen molar-refractivity contribution >= 4 is 11.6 Å². The number of ether oxygens (including phenoxy) is 1. The summed E-state index contributed by atoms with van der Waals surface area (Å²) in [7, 11) is 1.67. The minimum Gasteiger partial charge on any atom is -0.496 e. The molecule has 0 atom stereocenters. The van der Waals surface area contributed by atoms with Crippen molar-refractivity contribution in [3.8, 4) is 16.9 Å². The van der Waals surface area contributed by atoms with Gasteiger partial charge in [-0.2, -0.15) is 0 Å². The molecule has 2 aromatic rings. The first-order chi connectivity index (χ1) is 9.26. The van der Waals surface area contributed by atoms with Gasteiger partial charge >= 0.3 is 0 Å². The molecule has 0 bridgehead atoms. The lowest BCUT2D eigenvalue weighted by Crippen LogP contribution is -2.11. The van der Waals surface area contributed by atoms with Gasteiger partial charge < -0.3 is 10.1 Å². The summed E-state index contributed by atoms with van der Waals surface area (Å²) in [5.41, 5.74) is 3.20. The Morgan fingerprint density at radius 1 is 1.11 bits per heavy atom. The molecule has 2 aromatic carbocycles. The maximum Gasteiger partial charge on any atom is 0.126 e. The van der Waals surface area contributed by atoms with E-state index >= 15 is 0 Å². The van der Waals surface area contributed by atoms with Crippen LogP contribution in [0.5, 0.6) is 5.75 Å². The van der Waals surface area contributed by atoms with E-state index in [-0.39, 0.29) is 0 Å². The van der Waals surface area contributed by atoms with Gasteiger partial charge in [-0.15, -0.1) is 0 Å². The number of methoxy groups -OCH3 is 1. The molecule has 0 amide bonds. The predicted octanol–water partition coefficient (Wildman–Crippen LogP) is 4.13. The van der Waals surface area contributed by atoms with Gasteiger partial charge in [0.05, 0.1) is 7.11 Å². The Labute approximate surface area is 119 Å². The van der Waals surface area contributed by atoms with Gasteiger partial charge in [-0.3, -0.25) is 0 Å². The summed E-state index contributed by atoms with van der Waals surface area (Å²) < 4.78 is 5.38. The Morgan fingerprint density at radius 2 is 1.89 bits per heavy atom. The van der Waals surface area contributed by atoms with E-state index in [0.717, 1.165) is 35.0 Å². The van der Waals surface area contributed by atoms with Crippen molar-refractivity contribution in [3.05, 3.63) is 53.1 Å². The van der Waals surface area contributed by atoms with E-state index in [1.54, 1.807) is 7.11 Å². The zero-order chi connectivity index (χ0) is 13.7. The smallest absolute Gasteiger partial charge is 0.126 e. The summed E-state index contributed by atoms with van der Waals surface area (Å²) in [5.74, 6) is 0.837. The highest BCUT2D eigenvalue weighted by Crippen LogP contribution is 2.34. The van der Waals surface area contributed by atoms with Crippen molar-refractivity contribution in [3.63, 3.8) is 0 Å². The first kappa shape index (κ1) is 13.9. The molecule has 3 heteroatoms. The molecule has 2 rings (SSSR count). The highest BCUT2D eigenvalue weighted by atomic mass is 35.5. The monoisotopic (exact) mass is 275 g/mol. The summed E-state index contributed by atoms with van der Waals surface area (Å²) in [5, 5.41) is 4.04. The topological polar surface area (TPSA) is 21.3 Å². The first-order valence-electron chi connectivity index (χ1n) is 6.38. The third-order valence-electron chi connectivity index (χ3n) is 3.01. The van der Waals surface area contributed by atoms with Crippen molar-refractivity contribution in [2.24, 2.45) is 0 Å². The molecule has 0 aliphatic heterocycles. The maximum atomic E-state index is 6.39. The summed E-state index contributed by atoms with van der Waals surface area (Å²) in [6, 6.07) is 14.0. The second-order valence-electron chi connectivity index (χ2n) is 4.29. The van der Waals surface area contributed by atoms with E-state index in [1.165, 1.54) is 5.56 Å². The van der Waals surface area contributed by atoms with E-state index in [9.17, 15) is 0 Å². The zero-order valence-corrected chi connectivity index (χ0v) is 12.0. The highest BCUT2D eigenvalue weighted by molar-refractivity contribution is 6.33. The fraction of sp³-hybridized carbons (Fsp3) is 0.250. The van der Waals surface area contributed by atoms with E-state index in [4.69, 9.17) is 16.3 Å². The van der Waals surface area contributed by atoms with Crippen LogP contribution in [0.15, 0.2) is 42.5 Å². The SMILES string of the molecule is CCNCc1ccc(-c2ccccc2OC)c(Cl)c1. The van der Waals surface area contributed by atoms with Crippen LogP contribution in [0.3, 0.4) is 0 Å². The highest BCUT2D eigenvalue weighted by Gasteiger charge is 2.09. The van der Waals surface area contributed by atoms with Crippen molar-refractivity contribution in [2.45, 2.75) is 13.5 Å². The summed E-state index contributed by atoms with van der Waals surface area (Å²) in [6.07, 6.45) is 0. The molecule has 19 heavy (non-hydrogen) atoms. The fourth-order valence-electron chi connectivity index (χ4n) is 2.02. The molecule has 0 unspecified atom stereocenters. The third-order valence-corrected chi connectivity index (χ3v) is 3.32. The molecule has 2 nitrogen and oxygen atoms in total. The van der Waals surface area contributed by atoms with Gasteiger partial charge in [-0.25, -0.2) is 0 Å². The van der Waals surface area contributed by atoms with Crippen LogP contribution in [0.4, 0.5) is 0 Å². The van der Waals surface area contributed by atoms with Gasteiger partial charge in [-0.1, -0.05) is 48.9 Å². The predicted molar refractivity (Wildman–Crippen MR) is 80.8 cm³/mol. The summed E-state index contributed by atoms with van der Waals surface area (Å²) in [4.78, 5) is 0. The molecule has 0 saturated heterocycles. The van der Waals surface area contributed by atoms with Crippen LogP contribution in [-0.4, -0.2) is 13.7 Å². The van der Waals surface area contributed by atoms with Crippen LogP contribution in [0.2, 0.25) is 5.02 Å². The lowest BCUT2D eigenvalue weighted by Gasteiger charge is -2.11. The molecule has 0 saturated carbocycles. The molecule has 0 fully saturated rings. The van der Waals surface area contributed by atoms with Crippen molar-refractivity contribution in [2.75, 3.05) is 13.7 Å². The Kier molecular flexibility index (Phi) is 4.83. The lowest BCUT2D eigenvalue weighted by molar-refractivity contribution is 0.416. The molecular formula is C16H18ClNO. The summed E-state index contributed by atoms with van der Waals surface area (Å²) in [6.45, 7) is 3.87. The van der Waals surface area contributed by atoms with E-state index in [2.05, 4.69) is 18.3 Å². The molecule has 0 aromatic heterocycles. The second kappa shape index (κ2) is 6.60. The second-order valence-corrected chi connectivity index (χ2v) is 4.70. The number of benzene rings is 2. The molecular weight excluding hydrogens is 258 g/mol. The van der Waals surface area contributed by atoms with E-state index in [0.29, 0.717) is 0 Å². The van der Waals surface area contributed by atoms with Crippen molar-refractivity contribution in [1.29, 1.82) is 0 Å². The normalized spacial score (nSPS) is 10.5. The fourth-order valence-corrected chi connectivity index (χ4v) is 2.33. The van der Waals surface area contributed by atoms with Gasteiger partial charge in [-0.05, 0) is 24.2 Å². The quantitative estimate of drug-likeness (QED) is 0.886. The van der Waals surface area contributed by atoms with Gasteiger partial charge in [0.15, 0.2) is 0 Å². The Hall–Kier alpha value is -1.51. The van der Waals surface area contributed by atoms with Crippen molar-refractivity contribution in [1.82, 2.24) is 5.32 Å². The zero-order valence-electron chi connectivity index (χ0n) is 11.2. The number of hydrogen-bond acceptors (Lipinski definition) is 2. The molecule has 100 valence electrons. The van der Waals surface area contributed by atoms with Crippen LogP contribution >= 0.6 is 11.6 Å². The van der Waals surface area contributed by atoms with Crippen LogP contribution in [0, 0.1) is 0 Å². The van der Waals surface area contributed by atoms with Crippen LogP contribution in [0.25, 0.3) is 11.1 Å².